The van der Waals surface area contributed by atoms with E-state index in [1.54, 1.807) is 4.90 Å². The third-order valence-electron chi connectivity index (χ3n) is 5.53. The highest BCUT2D eigenvalue weighted by molar-refractivity contribution is 6.30. The Labute approximate surface area is 189 Å². The van der Waals surface area contributed by atoms with Gasteiger partial charge >= 0.3 is 0 Å². The lowest BCUT2D eigenvalue weighted by atomic mass is 10.0. The van der Waals surface area contributed by atoms with Crippen LogP contribution in [-0.2, 0) is 27.3 Å². The Morgan fingerprint density at radius 2 is 1.87 bits per heavy atom. The van der Waals surface area contributed by atoms with Gasteiger partial charge < -0.3 is 15.0 Å². The van der Waals surface area contributed by atoms with Crippen LogP contribution in [0.15, 0.2) is 54.6 Å². The number of hydrogen-bond acceptors (Lipinski definition) is 3. The molecule has 1 aliphatic rings. The van der Waals surface area contributed by atoms with Crippen LogP contribution in [0.25, 0.3) is 0 Å². The highest BCUT2D eigenvalue weighted by Crippen LogP contribution is 2.18. The lowest BCUT2D eigenvalue weighted by molar-refractivity contribution is -0.141. The number of ether oxygens (including phenoxy) is 1. The lowest BCUT2D eigenvalue weighted by Crippen LogP contribution is -2.51. The van der Waals surface area contributed by atoms with Gasteiger partial charge in [0.15, 0.2) is 0 Å². The average Bonchev–Trinajstić information content (AvgIpc) is 3.30. The molecule has 166 valence electrons. The van der Waals surface area contributed by atoms with Crippen LogP contribution in [0.2, 0.25) is 5.02 Å². The summed E-state index contributed by atoms with van der Waals surface area (Å²) in [5.41, 5.74) is 1.96. The first-order valence-electron chi connectivity index (χ1n) is 11.0. The number of amides is 2. The lowest BCUT2D eigenvalue weighted by Gasteiger charge is -2.32. The number of hydrogen-bond donors (Lipinski definition) is 1. The van der Waals surface area contributed by atoms with E-state index >= 15 is 0 Å². The van der Waals surface area contributed by atoms with Crippen LogP contribution in [0.4, 0.5) is 0 Å². The summed E-state index contributed by atoms with van der Waals surface area (Å²) in [5.74, 6) is -0.164. The third kappa shape index (κ3) is 7.08. The van der Waals surface area contributed by atoms with E-state index in [0.29, 0.717) is 31.0 Å². The van der Waals surface area contributed by atoms with E-state index in [1.807, 2.05) is 61.5 Å². The Hall–Kier alpha value is -2.37. The minimum atomic E-state index is -0.599. The first-order valence-corrected chi connectivity index (χ1v) is 11.4. The van der Waals surface area contributed by atoms with E-state index in [2.05, 4.69) is 5.32 Å². The van der Waals surface area contributed by atoms with Crippen LogP contribution >= 0.6 is 11.6 Å². The van der Waals surface area contributed by atoms with E-state index in [1.165, 1.54) is 0 Å². The van der Waals surface area contributed by atoms with E-state index in [9.17, 15) is 9.59 Å². The third-order valence-corrected chi connectivity index (χ3v) is 5.78. The number of nitrogens with one attached hydrogen (secondary N) is 1. The molecule has 6 heteroatoms. The maximum absolute atomic E-state index is 13.3. The van der Waals surface area contributed by atoms with Crippen molar-refractivity contribution < 1.29 is 14.3 Å². The van der Waals surface area contributed by atoms with Crippen LogP contribution in [0.1, 0.15) is 43.7 Å². The minimum Gasteiger partial charge on any atom is -0.376 e. The van der Waals surface area contributed by atoms with Crippen molar-refractivity contribution in [2.45, 2.75) is 57.7 Å². The van der Waals surface area contributed by atoms with Crippen molar-refractivity contribution in [2.24, 2.45) is 0 Å². The van der Waals surface area contributed by atoms with Crippen LogP contribution < -0.4 is 5.32 Å². The monoisotopic (exact) mass is 442 g/mol. The zero-order valence-electron chi connectivity index (χ0n) is 18.1. The van der Waals surface area contributed by atoms with Gasteiger partial charge in [0.2, 0.25) is 11.8 Å². The van der Waals surface area contributed by atoms with Gasteiger partial charge in [0.1, 0.15) is 6.04 Å². The van der Waals surface area contributed by atoms with Crippen molar-refractivity contribution in [3.05, 3.63) is 70.7 Å². The molecule has 0 saturated carbocycles. The fourth-order valence-electron chi connectivity index (χ4n) is 3.84. The van der Waals surface area contributed by atoms with Gasteiger partial charge in [0, 0.05) is 37.6 Å². The molecule has 2 amide bonds. The summed E-state index contributed by atoms with van der Waals surface area (Å²) < 4.78 is 5.65. The second-order valence-corrected chi connectivity index (χ2v) is 8.42. The Morgan fingerprint density at radius 1 is 1.13 bits per heavy atom. The fraction of sp³-hybridized carbons (Fsp3) is 0.440. The number of carbonyl (C=O) groups is 2. The molecule has 1 aliphatic heterocycles. The molecule has 0 aliphatic carbocycles. The smallest absolute Gasteiger partial charge is 0.243 e. The maximum Gasteiger partial charge on any atom is 0.243 e. The molecule has 0 radical (unpaired) electrons. The highest BCUT2D eigenvalue weighted by atomic mass is 35.5. The van der Waals surface area contributed by atoms with Crippen molar-refractivity contribution in [3.63, 3.8) is 0 Å². The first-order chi connectivity index (χ1) is 15.1. The molecule has 0 aromatic heterocycles. The molecule has 1 heterocycles. The SMILES string of the molecule is CCCC(=O)N(Cc1ccc(Cl)cc1)[C@@H](Cc1ccccc1)C(=O)NC[C@@H]1CCCO1. The normalized spacial score (nSPS) is 16.6. The second kappa shape index (κ2) is 11.9. The summed E-state index contributed by atoms with van der Waals surface area (Å²) in [7, 11) is 0. The number of nitrogens with zero attached hydrogens (tertiary/aromatic N) is 1. The molecule has 0 unspecified atom stereocenters. The van der Waals surface area contributed by atoms with Gasteiger partial charge in [-0.15, -0.1) is 0 Å². The topological polar surface area (TPSA) is 58.6 Å². The maximum atomic E-state index is 13.3. The average molecular weight is 443 g/mol. The number of halogens is 1. The Kier molecular flexibility index (Phi) is 8.92. The van der Waals surface area contributed by atoms with Crippen molar-refractivity contribution in [1.29, 1.82) is 0 Å². The standard InChI is InChI=1S/C25H31ClN2O3/c1-2-7-24(29)28(18-20-11-13-21(26)14-12-20)23(16-19-8-4-3-5-9-19)25(30)27-17-22-10-6-15-31-22/h3-5,8-9,11-14,22-23H,2,6-7,10,15-18H2,1H3,(H,27,30)/t22-,23-/m0/s1. The zero-order chi connectivity index (χ0) is 22.1. The van der Waals surface area contributed by atoms with Gasteiger partial charge in [0.25, 0.3) is 0 Å². The summed E-state index contributed by atoms with van der Waals surface area (Å²) in [6.07, 6.45) is 3.61. The molecule has 2 aromatic rings. The molecule has 31 heavy (non-hydrogen) atoms. The van der Waals surface area contributed by atoms with Crippen LogP contribution in [0.3, 0.4) is 0 Å². The Bertz CT molecular complexity index is 836. The Balaban J connectivity index is 1.83. The first kappa shape index (κ1) is 23.3. The molecule has 5 nitrogen and oxygen atoms in total. The molecule has 2 atom stereocenters. The number of carbonyl (C=O) groups excluding carboxylic acids is 2. The molecule has 2 aromatic carbocycles. The molecule has 0 spiro atoms. The molecule has 1 fully saturated rings. The van der Waals surface area contributed by atoms with Crippen LogP contribution in [0, 0.1) is 0 Å². The minimum absolute atomic E-state index is 0.0225. The van der Waals surface area contributed by atoms with Gasteiger partial charge in [-0.25, -0.2) is 0 Å². The van der Waals surface area contributed by atoms with Crippen molar-refractivity contribution in [2.75, 3.05) is 13.2 Å². The van der Waals surface area contributed by atoms with Crippen molar-refractivity contribution in [1.82, 2.24) is 10.2 Å². The zero-order valence-corrected chi connectivity index (χ0v) is 18.8. The molecular formula is C25H31ClN2O3. The van der Waals surface area contributed by atoms with Crippen LogP contribution in [-0.4, -0.2) is 42.0 Å². The summed E-state index contributed by atoms with van der Waals surface area (Å²) in [5, 5.41) is 3.68. The summed E-state index contributed by atoms with van der Waals surface area (Å²) in [6, 6.07) is 16.7. The molecule has 0 bridgehead atoms. The summed E-state index contributed by atoms with van der Waals surface area (Å²) in [6.45, 7) is 3.55. The fourth-order valence-corrected chi connectivity index (χ4v) is 3.96. The quantitative estimate of drug-likeness (QED) is 0.594. The van der Waals surface area contributed by atoms with E-state index in [0.717, 1.165) is 37.0 Å². The largest absolute Gasteiger partial charge is 0.376 e. The van der Waals surface area contributed by atoms with Crippen molar-refractivity contribution >= 4 is 23.4 Å². The number of benzene rings is 2. The predicted octanol–water partition coefficient (Wildman–Crippen LogP) is 4.38. The summed E-state index contributed by atoms with van der Waals surface area (Å²) in [4.78, 5) is 28.1. The van der Waals surface area contributed by atoms with E-state index < -0.39 is 6.04 Å². The highest BCUT2D eigenvalue weighted by Gasteiger charge is 2.30. The van der Waals surface area contributed by atoms with Gasteiger partial charge in [-0.2, -0.15) is 0 Å². The predicted molar refractivity (Wildman–Crippen MR) is 123 cm³/mol. The molecular weight excluding hydrogens is 412 g/mol. The molecule has 1 N–H and O–H groups in total. The van der Waals surface area contributed by atoms with Gasteiger partial charge in [-0.1, -0.05) is 61.0 Å². The Morgan fingerprint density at radius 3 is 2.52 bits per heavy atom. The van der Waals surface area contributed by atoms with Gasteiger partial charge in [-0.05, 0) is 42.5 Å². The van der Waals surface area contributed by atoms with Gasteiger partial charge in [-0.3, -0.25) is 9.59 Å². The van der Waals surface area contributed by atoms with Gasteiger partial charge in [0.05, 0.1) is 6.10 Å². The molecule has 1 saturated heterocycles. The van der Waals surface area contributed by atoms with Crippen LogP contribution in [0.5, 0.6) is 0 Å². The van der Waals surface area contributed by atoms with Crippen molar-refractivity contribution in [3.8, 4) is 0 Å². The second-order valence-electron chi connectivity index (χ2n) is 7.98. The van der Waals surface area contributed by atoms with E-state index in [-0.39, 0.29) is 17.9 Å². The number of rotatable bonds is 10. The summed E-state index contributed by atoms with van der Waals surface area (Å²) >= 11 is 6.03. The molecule has 3 rings (SSSR count). The van der Waals surface area contributed by atoms with E-state index in [4.69, 9.17) is 16.3 Å².